The molecule has 0 saturated carbocycles. The zero-order chi connectivity index (χ0) is 19.9. The minimum Gasteiger partial charge on any atom is -0.496 e. The van der Waals surface area contributed by atoms with E-state index in [-0.39, 0.29) is 5.82 Å². The maximum atomic E-state index is 13.8. The van der Waals surface area contributed by atoms with Gasteiger partial charge in [-0.1, -0.05) is 6.08 Å². The SMILES string of the molecule is COc1ccc(F)cc1-c1ncnc2[nH]c(C3=CCN(S(C)(=O)=O)CC3)cc12. The summed E-state index contributed by atoms with van der Waals surface area (Å²) in [4.78, 5) is 11.9. The summed E-state index contributed by atoms with van der Waals surface area (Å²) in [5.41, 5.74) is 3.59. The summed E-state index contributed by atoms with van der Waals surface area (Å²) in [6.07, 6.45) is 5.11. The van der Waals surface area contributed by atoms with Crippen molar-refractivity contribution in [2.24, 2.45) is 0 Å². The first-order chi connectivity index (χ1) is 13.4. The monoisotopic (exact) mass is 402 g/mol. The van der Waals surface area contributed by atoms with Crippen molar-refractivity contribution in [1.82, 2.24) is 19.3 Å². The highest BCUT2D eigenvalue weighted by Crippen LogP contribution is 2.35. The molecule has 3 aromatic rings. The van der Waals surface area contributed by atoms with Gasteiger partial charge < -0.3 is 9.72 Å². The van der Waals surface area contributed by atoms with E-state index < -0.39 is 10.0 Å². The number of nitrogens with zero attached hydrogens (tertiary/aromatic N) is 3. The normalized spacial score (nSPS) is 15.6. The lowest BCUT2D eigenvalue weighted by atomic mass is 10.0. The number of ether oxygens (including phenoxy) is 1. The van der Waals surface area contributed by atoms with Crippen LogP contribution in [0.1, 0.15) is 12.1 Å². The predicted octanol–water partition coefficient (Wildman–Crippen LogP) is 2.82. The highest BCUT2D eigenvalue weighted by atomic mass is 32.2. The number of aromatic amines is 1. The summed E-state index contributed by atoms with van der Waals surface area (Å²) in [6, 6.07) is 6.20. The van der Waals surface area contributed by atoms with Crippen molar-refractivity contribution in [1.29, 1.82) is 0 Å². The molecule has 2 aromatic heterocycles. The summed E-state index contributed by atoms with van der Waals surface area (Å²) in [7, 11) is -1.68. The first-order valence-electron chi connectivity index (χ1n) is 8.69. The van der Waals surface area contributed by atoms with E-state index in [0.29, 0.717) is 42.2 Å². The lowest BCUT2D eigenvalue weighted by molar-refractivity contribution is 0.415. The summed E-state index contributed by atoms with van der Waals surface area (Å²) >= 11 is 0. The molecule has 7 nitrogen and oxygen atoms in total. The molecule has 0 aliphatic carbocycles. The molecule has 4 rings (SSSR count). The number of benzene rings is 1. The Labute approximate surface area is 161 Å². The third kappa shape index (κ3) is 3.38. The van der Waals surface area contributed by atoms with E-state index in [2.05, 4.69) is 15.0 Å². The molecule has 1 aliphatic heterocycles. The van der Waals surface area contributed by atoms with E-state index in [1.54, 1.807) is 6.07 Å². The van der Waals surface area contributed by atoms with Gasteiger partial charge >= 0.3 is 0 Å². The van der Waals surface area contributed by atoms with E-state index in [0.717, 1.165) is 16.7 Å². The molecule has 1 aliphatic rings. The third-order valence-corrected chi connectivity index (χ3v) is 6.10. The van der Waals surface area contributed by atoms with Crippen LogP contribution in [0.5, 0.6) is 5.75 Å². The van der Waals surface area contributed by atoms with Gasteiger partial charge in [0.2, 0.25) is 10.0 Å². The van der Waals surface area contributed by atoms with E-state index in [1.165, 1.54) is 36.1 Å². The van der Waals surface area contributed by atoms with Gasteiger partial charge in [0, 0.05) is 29.7 Å². The Balaban J connectivity index is 1.77. The van der Waals surface area contributed by atoms with Crippen LogP contribution in [0, 0.1) is 5.82 Å². The molecule has 0 spiro atoms. The molecular weight excluding hydrogens is 383 g/mol. The molecular formula is C19H19FN4O3S. The standard InChI is InChI=1S/C19H19FN4O3S/c1-27-17-4-3-13(20)9-14(17)18-15-10-16(23-19(15)22-11-21-18)12-5-7-24(8-6-12)28(2,25)26/h3-5,9-11H,6-8H2,1-2H3,(H,21,22,23). The molecule has 0 amide bonds. The number of hydrogen-bond donors (Lipinski definition) is 1. The number of sulfonamides is 1. The van der Waals surface area contributed by atoms with Crippen LogP contribution in [-0.2, 0) is 10.0 Å². The summed E-state index contributed by atoms with van der Waals surface area (Å²) in [5, 5.41) is 0.743. The largest absolute Gasteiger partial charge is 0.496 e. The maximum Gasteiger partial charge on any atom is 0.211 e. The minimum atomic E-state index is -3.20. The van der Waals surface area contributed by atoms with Gasteiger partial charge in [-0.15, -0.1) is 0 Å². The molecule has 0 bridgehead atoms. The average molecular weight is 402 g/mol. The van der Waals surface area contributed by atoms with Crippen molar-refractivity contribution in [3.05, 3.63) is 48.2 Å². The van der Waals surface area contributed by atoms with Gasteiger partial charge in [-0.2, -0.15) is 4.31 Å². The smallest absolute Gasteiger partial charge is 0.211 e. The molecule has 1 aromatic carbocycles. The molecule has 0 fully saturated rings. The Morgan fingerprint density at radius 1 is 1.25 bits per heavy atom. The predicted molar refractivity (Wildman–Crippen MR) is 105 cm³/mol. The fourth-order valence-corrected chi connectivity index (χ4v) is 4.16. The number of H-pyrrole nitrogens is 1. The topological polar surface area (TPSA) is 88.2 Å². The van der Waals surface area contributed by atoms with E-state index in [4.69, 9.17) is 4.74 Å². The van der Waals surface area contributed by atoms with Gasteiger partial charge in [-0.25, -0.2) is 22.8 Å². The fraction of sp³-hybridized carbons (Fsp3) is 0.263. The lowest BCUT2D eigenvalue weighted by Crippen LogP contribution is -2.33. The molecule has 9 heteroatoms. The van der Waals surface area contributed by atoms with Gasteiger partial charge in [0.25, 0.3) is 0 Å². The van der Waals surface area contributed by atoms with Crippen LogP contribution >= 0.6 is 0 Å². The number of fused-ring (bicyclic) bond motifs is 1. The molecule has 0 unspecified atom stereocenters. The quantitative estimate of drug-likeness (QED) is 0.725. The number of halogens is 1. The van der Waals surface area contributed by atoms with Crippen LogP contribution in [0.3, 0.4) is 0 Å². The first kappa shape index (κ1) is 18.6. The highest BCUT2D eigenvalue weighted by Gasteiger charge is 2.22. The zero-order valence-electron chi connectivity index (χ0n) is 15.4. The third-order valence-electron chi connectivity index (χ3n) is 4.83. The van der Waals surface area contributed by atoms with Gasteiger partial charge in [-0.05, 0) is 36.3 Å². The second kappa shape index (κ2) is 6.99. The van der Waals surface area contributed by atoms with Crippen LogP contribution < -0.4 is 4.74 Å². The Kier molecular flexibility index (Phi) is 4.64. The molecule has 146 valence electrons. The molecule has 0 atom stereocenters. The van der Waals surface area contributed by atoms with Gasteiger partial charge in [0.1, 0.15) is 23.5 Å². The first-order valence-corrected chi connectivity index (χ1v) is 10.5. The maximum absolute atomic E-state index is 13.8. The number of rotatable bonds is 4. The van der Waals surface area contributed by atoms with Crippen LogP contribution in [-0.4, -0.2) is 54.1 Å². The number of hydrogen-bond acceptors (Lipinski definition) is 5. The minimum absolute atomic E-state index is 0.333. The van der Waals surface area contributed by atoms with Crippen LogP contribution in [0.4, 0.5) is 4.39 Å². The van der Waals surface area contributed by atoms with Crippen molar-refractivity contribution < 1.29 is 17.5 Å². The van der Waals surface area contributed by atoms with Crippen molar-refractivity contribution in [3.63, 3.8) is 0 Å². The van der Waals surface area contributed by atoms with E-state index in [9.17, 15) is 12.8 Å². The number of methoxy groups -OCH3 is 1. The van der Waals surface area contributed by atoms with Crippen molar-refractivity contribution in [3.8, 4) is 17.0 Å². The van der Waals surface area contributed by atoms with Gasteiger partial charge in [-0.3, -0.25) is 0 Å². The van der Waals surface area contributed by atoms with Crippen molar-refractivity contribution in [2.75, 3.05) is 26.5 Å². The van der Waals surface area contributed by atoms with Crippen LogP contribution in [0.15, 0.2) is 36.7 Å². The Morgan fingerprint density at radius 3 is 2.75 bits per heavy atom. The van der Waals surface area contributed by atoms with Crippen molar-refractivity contribution >= 4 is 26.6 Å². The second-order valence-electron chi connectivity index (χ2n) is 6.61. The zero-order valence-corrected chi connectivity index (χ0v) is 16.3. The van der Waals surface area contributed by atoms with Crippen LogP contribution in [0.25, 0.3) is 27.9 Å². The molecule has 0 saturated heterocycles. The van der Waals surface area contributed by atoms with E-state index >= 15 is 0 Å². The molecule has 0 radical (unpaired) electrons. The van der Waals surface area contributed by atoms with Gasteiger partial charge in [0.05, 0.1) is 19.1 Å². The Bertz CT molecular complexity index is 1190. The highest BCUT2D eigenvalue weighted by molar-refractivity contribution is 7.88. The number of aromatic nitrogens is 3. The summed E-state index contributed by atoms with van der Waals surface area (Å²) in [5.74, 6) is 0.138. The molecule has 3 heterocycles. The lowest BCUT2D eigenvalue weighted by Gasteiger charge is -2.23. The van der Waals surface area contributed by atoms with Crippen LogP contribution in [0.2, 0.25) is 0 Å². The molecule has 1 N–H and O–H groups in total. The van der Waals surface area contributed by atoms with E-state index in [1.807, 2.05) is 12.1 Å². The average Bonchev–Trinajstić information content (AvgIpc) is 3.11. The molecule has 28 heavy (non-hydrogen) atoms. The Hall–Kier alpha value is -2.78. The second-order valence-corrected chi connectivity index (χ2v) is 8.59. The number of nitrogens with one attached hydrogen (secondary N) is 1. The van der Waals surface area contributed by atoms with Crippen molar-refractivity contribution in [2.45, 2.75) is 6.42 Å². The van der Waals surface area contributed by atoms with Gasteiger partial charge in [0.15, 0.2) is 0 Å². The Morgan fingerprint density at radius 2 is 2.07 bits per heavy atom. The summed E-state index contributed by atoms with van der Waals surface area (Å²) < 4.78 is 44.0. The summed E-state index contributed by atoms with van der Waals surface area (Å²) in [6.45, 7) is 0.760. The fourth-order valence-electron chi connectivity index (χ4n) is 3.39.